The van der Waals surface area contributed by atoms with E-state index in [4.69, 9.17) is 19.3 Å². The van der Waals surface area contributed by atoms with Crippen LogP contribution >= 0.6 is 0 Å². The zero-order valence-electron chi connectivity index (χ0n) is 22.5. The van der Waals surface area contributed by atoms with Crippen molar-refractivity contribution in [2.24, 2.45) is 0 Å². The quantitative estimate of drug-likeness (QED) is 0.196. The highest BCUT2D eigenvalue weighted by molar-refractivity contribution is 6.39. The highest BCUT2D eigenvalue weighted by Gasteiger charge is 2.37. The van der Waals surface area contributed by atoms with E-state index in [1.807, 2.05) is 6.92 Å². The molecular weight excluding hydrogens is 528 g/mol. The van der Waals surface area contributed by atoms with Gasteiger partial charge in [0.2, 0.25) is 0 Å². The van der Waals surface area contributed by atoms with Crippen LogP contribution in [0.3, 0.4) is 0 Å². The number of amides is 4. The molecule has 2 N–H and O–H groups in total. The number of ether oxygens (including phenoxy) is 3. The molecule has 0 radical (unpaired) electrons. The predicted molar refractivity (Wildman–Crippen MR) is 151 cm³/mol. The Morgan fingerprint density at radius 2 is 1.73 bits per heavy atom. The maximum Gasteiger partial charge on any atom is 0.335 e. The fourth-order valence-electron chi connectivity index (χ4n) is 4.21. The third kappa shape index (κ3) is 6.44. The fourth-order valence-corrected chi connectivity index (χ4v) is 4.21. The average molecular weight is 557 g/mol. The zero-order valence-corrected chi connectivity index (χ0v) is 22.5. The average Bonchev–Trinajstić information content (AvgIpc) is 2.95. The van der Waals surface area contributed by atoms with Crippen molar-refractivity contribution in [3.05, 3.63) is 101 Å². The minimum absolute atomic E-state index is 0.140. The van der Waals surface area contributed by atoms with Gasteiger partial charge in [-0.05, 0) is 79.1 Å². The Morgan fingerprint density at radius 1 is 1.02 bits per heavy atom. The number of rotatable bonds is 11. The number of barbiturate groups is 1. The summed E-state index contributed by atoms with van der Waals surface area (Å²) in [6.45, 7) is 6.24. The van der Waals surface area contributed by atoms with E-state index in [1.165, 1.54) is 25.3 Å². The van der Waals surface area contributed by atoms with Crippen LogP contribution in [-0.2, 0) is 22.6 Å². The number of methoxy groups -OCH3 is 1. The van der Waals surface area contributed by atoms with E-state index in [9.17, 15) is 19.2 Å². The number of urea groups is 1. The monoisotopic (exact) mass is 556 g/mol. The molecule has 1 aliphatic rings. The largest absolute Gasteiger partial charge is 0.494 e. The minimum Gasteiger partial charge on any atom is -0.494 e. The molecule has 10 heteroatoms. The lowest BCUT2D eigenvalue weighted by atomic mass is 10.0. The first-order chi connectivity index (χ1) is 19.7. The predicted octanol–water partition coefficient (Wildman–Crippen LogP) is 4.77. The van der Waals surface area contributed by atoms with E-state index in [-0.39, 0.29) is 23.4 Å². The summed E-state index contributed by atoms with van der Waals surface area (Å²) in [6.07, 6.45) is 3.44. The first-order valence-corrected chi connectivity index (χ1v) is 12.7. The second kappa shape index (κ2) is 12.6. The molecule has 1 saturated heterocycles. The molecule has 41 heavy (non-hydrogen) atoms. The van der Waals surface area contributed by atoms with Crippen LogP contribution in [0, 0.1) is 0 Å². The maximum absolute atomic E-state index is 13.4. The number of carbonyl (C=O) groups is 4. The second-order valence-corrected chi connectivity index (χ2v) is 8.88. The first-order valence-electron chi connectivity index (χ1n) is 12.7. The molecule has 3 aromatic rings. The molecule has 0 saturated carbocycles. The number of benzene rings is 3. The topological polar surface area (TPSA) is 131 Å². The second-order valence-electron chi connectivity index (χ2n) is 8.88. The lowest BCUT2D eigenvalue weighted by molar-refractivity contribution is -0.122. The Labute approximate surface area is 236 Å². The Kier molecular flexibility index (Phi) is 8.83. The molecule has 0 atom stereocenters. The normalized spacial score (nSPS) is 14.0. The standard InChI is InChI=1S/C31H28N2O8/c1-4-6-22-15-20(17-26(39-3)27(22)41-18-19-7-9-21(10-8-19)30(36)37)16-25-28(34)32-31(38)33(29(25)35)23-11-13-24(14-12-23)40-5-2/h4,7-17H,1,5-6,18H2,2-3H3,(H,36,37)(H,32,34,38)/b25-16+. The SMILES string of the molecule is C=CCc1cc(/C=C2\C(=O)NC(=O)N(c3ccc(OCC)cc3)C2=O)cc(OC)c1OCc1ccc(C(=O)O)cc1. The van der Waals surface area contributed by atoms with E-state index >= 15 is 0 Å². The van der Waals surface area contributed by atoms with E-state index in [0.29, 0.717) is 41.4 Å². The van der Waals surface area contributed by atoms with Crippen LogP contribution in [0.15, 0.2) is 78.9 Å². The van der Waals surface area contributed by atoms with Crippen LogP contribution < -0.4 is 24.4 Å². The van der Waals surface area contributed by atoms with E-state index in [1.54, 1.807) is 54.6 Å². The molecule has 1 heterocycles. The van der Waals surface area contributed by atoms with Crippen molar-refractivity contribution in [3.8, 4) is 17.2 Å². The van der Waals surface area contributed by atoms with Gasteiger partial charge in [0, 0.05) is 5.56 Å². The zero-order chi connectivity index (χ0) is 29.5. The van der Waals surface area contributed by atoms with Gasteiger partial charge >= 0.3 is 12.0 Å². The van der Waals surface area contributed by atoms with Crippen molar-refractivity contribution in [1.29, 1.82) is 0 Å². The van der Waals surface area contributed by atoms with Gasteiger partial charge in [-0.2, -0.15) is 0 Å². The van der Waals surface area contributed by atoms with Gasteiger partial charge in [0.1, 0.15) is 17.9 Å². The van der Waals surface area contributed by atoms with Crippen molar-refractivity contribution in [2.45, 2.75) is 20.0 Å². The molecule has 4 rings (SSSR count). The minimum atomic E-state index is -1.02. The summed E-state index contributed by atoms with van der Waals surface area (Å²) in [5, 5.41) is 11.3. The number of carboxylic acid groups (broad SMARTS) is 1. The molecule has 0 bridgehead atoms. The molecule has 1 fully saturated rings. The molecule has 0 aromatic heterocycles. The van der Waals surface area contributed by atoms with Crippen molar-refractivity contribution in [2.75, 3.05) is 18.6 Å². The molecule has 0 unspecified atom stereocenters. The Morgan fingerprint density at radius 3 is 2.34 bits per heavy atom. The highest BCUT2D eigenvalue weighted by Crippen LogP contribution is 2.35. The summed E-state index contributed by atoms with van der Waals surface area (Å²) in [5.74, 6) is -1.26. The third-order valence-electron chi connectivity index (χ3n) is 6.14. The molecule has 10 nitrogen and oxygen atoms in total. The van der Waals surface area contributed by atoms with Crippen LogP contribution in [0.1, 0.15) is 34.0 Å². The summed E-state index contributed by atoms with van der Waals surface area (Å²) in [7, 11) is 1.46. The van der Waals surface area contributed by atoms with E-state index in [0.717, 1.165) is 10.5 Å². The molecule has 210 valence electrons. The summed E-state index contributed by atoms with van der Waals surface area (Å²) in [6, 6.07) is 15.2. The summed E-state index contributed by atoms with van der Waals surface area (Å²) in [4.78, 5) is 50.7. The van der Waals surface area contributed by atoms with Crippen LogP contribution in [0.5, 0.6) is 17.2 Å². The van der Waals surface area contributed by atoms with Crippen LogP contribution in [-0.4, -0.2) is 42.6 Å². The number of aromatic carboxylic acids is 1. The molecule has 0 aliphatic carbocycles. The molecular formula is C31H28N2O8. The Balaban J connectivity index is 1.64. The van der Waals surface area contributed by atoms with E-state index < -0.39 is 23.8 Å². The lowest BCUT2D eigenvalue weighted by Crippen LogP contribution is -2.54. The van der Waals surface area contributed by atoms with Crippen LogP contribution in [0.2, 0.25) is 0 Å². The lowest BCUT2D eigenvalue weighted by Gasteiger charge is -2.26. The van der Waals surface area contributed by atoms with E-state index in [2.05, 4.69) is 11.9 Å². The number of anilines is 1. The van der Waals surface area contributed by atoms with Crippen molar-refractivity contribution < 1.29 is 38.5 Å². The number of nitrogens with zero attached hydrogens (tertiary/aromatic N) is 1. The number of nitrogens with one attached hydrogen (secondary N) is 1. The van der Waals surface area contributed by atoms with Gasteiger partial charge in [-0.25, -0.2) is 14.5 Å². The van der Waals surface area contributed by atoms with Gasteiger partial charge in [-0.3, -0.25) is 14.9 Å². The van der Waals surface area contributed by atoms with Gasteiger partial charge in [-0.15, -0.1) is 6.58 Å². The van der Waals surface area contributed by atoms with Gasteiger partial charge in [-0.1, -0.05) is 18.2 Å². The van der Waals surface area contributed by atoms with Crippen molar-refractivity contribution >= 4 is 35.6 Å². The van der Waals surface area contributed by atoms with Gasteiger partial charge in [0.25, 0.3) is 11.8 Å². The van der Waals surface area contributed by atoms with Crippen molar-refractivity contribution in [3.63, 3.8) is 0 Å². The Hall–Kier alpha value is -5.38. The third-order valence-corrected chi connectivity index (χ3v) is 6.14. The number of hydrogen-bond acceptors (Lipinski definition) is 7. The first kappa shape index (κ1) is 28.6. The summed E-state index contributed by atoms with van der Waals surface area (Å²) < 4.78 is 17.0. The number of allylic oxidation sites excluding steroid dienone is 1. The molecule has 0 spiro atoms. The Bertz CT molecular complexity index is 1520. The van der Waals surface area contributed by atoms with Gasteiger partial charge in [0.05, 0.1) is 25.0 Å². The smallest absolute Gasteiger partial charge is 0.335 e. The fraction of sp³-hybridized carbons (Fsp3) is 0.161. The van der Waals surface area contributed by atoms with Crippen LogP contribution in [0.4, 0.5) is 10.5 Å². The highest BCUT2D eigenvalue weighted by atomic mass is 16.5. The van der Waals surface area contributed by atoms with Crippen molar-refractivity contribution in [1.82, 2.24) is 5.32 Å². The number of carbonyl (C=O) groups excluding carboxylic acids is 3. The maximum atomic E-state index is 13.4. The molecule has 4 amide bonds. The molecule has 1 aliphatic heterocycles. The summed E-state index contributed by atoms with van der Waals surface area (Å²) in [5.41, 5.74) is 2.10. The summed E-state index contributed by atoms with van der Waals surface area (Å²) >= 11 is 0. The number of imide groups is 2. The number of carboxylic acids is 1. The van der Waals surface area contributed by atoms with Gasteiger partial charge in [0.15, 0.2) is 11.5 Å². The van der Waals surface area contributed by atoms with Gasteiger partial charge < -0.3 is 19.3 Å². The number of hydrogen-bond donors (Lipinski definition) is 2. The molecule has 3 aromatic carbocycles. The van der Waals surface area contributed by atoms with Crippen LogP contribution in [0.25, 0.3) is 6.08 Å².